The average Bonchev–Trinajstić information content (AvgIpc) is 2.39. The summed E-state index contributed by atoms with van der Waals surface area (Å²) < 4.78 is 12.9. The Morgan fingerprint density at radius 2 is 0.765 bits per heavy atom. The average molecular weight is 505 g/mol. The van der Waals surface area contributed by atoms with Gasteiger partial charge >= 0.3 is 120 Å². The van der Waals surface area contributed by atoms with E-state index < -0.39 is 33.4 Å². The molecule has 17 heavy (non-hydrogen) atoms. The summed E-state index contributed by atoms with van der Waals surface area (Å²) >= 11 is -6.82. The van der Waals surface area contributed by atoms with Crippen molar-refractivity contribution in [1.29, 1.82) is 0 Å². The van der Waals surface area contributed by atoms with Crippen molar-refractivity contribution in [3.63, 3.8) is 0 Å². The van der Waals surface area contributed by atoms with E-state index in [1.807, 2.05) is 0 Å². The molecule has 0 saturated heterocycles. The van der Waals surface area contributed by atoms with Gasteiger partial charge in [0, 0.05) is 0 Å². The number of hydrogen-bond donors (Lipinski definition) is 0. The molecule has 1 nitrogen and oxygen atoms in total. The predicted molar refractivity (Wildman–Crippen MR) is 87.2 cm³/mol. The van der Waals surface area contributed by atoms with Crippen molar-refractivity contribution in [2.45, 2.75) is 67.7 Å². The third-order valence-corrected chi connectivity index (χ3v) is 61.5. The maximum absolute atomic E-state index is 7.11. The maximum atomic E-state index is 7.11. The van der Waals surface area contributed by atoms with Gasteiger partial charge in [0.05, 0.1) is 0 Å². The number of hydrogen-bond acceptors (Lipinski definition) is 1. The Hall–Kier alpha value is 2.18. The molecule has 0 spiro atoms. The van der Waals surface area contributed by atoms with Gasteiger partial charge in [0.25, 0.3) is 0 Å². The molecular formula is C12H30Cl2OSb2. The van der Waals surface area contributed by atoms with Crippen LogP contribution in [0.4, 0.5) is 0 Å². The van der Waals surface area contributed by atoms with Crippen molar-refractivity contribution in [3.05, 3.63) is 0 Å². The van der Waals surface area contributed by atoms with E-state index in [0.717, 1.165) is 26.2 Å². The van der Waals surface area contributed by atoms with Crippen molar-refractivity contribution in [2.75, 3.05) is 0 Å². The molecule has 0 aliphatic rings. The molecule has 0 aromatic carbocycles. The normalized spacial score (nSPS) is 18.1. The van der Waals surface area contributed by atoms with E-state index in [4.69, 9.17) is 19.0 Å². The van der Waals surface area contributed by atoms with Gasteiger partial charge in [-0.3, -0.25) is 0 Å². The van der Waals surface area contributed by atoms with Crippen molar-refractivity contribution in [1.82, 2.24) is 0 Å². The van der Waals surface area contributed by atoms with Crippen LogP contribution < -0.4 is 0 Å². The number of halogens is 2. The molecular weight excluding hydrogens is 475 g/mol. The molecule has 0 atom stereocenters. The van der Waals surface area contributed by atoms with E-state index in [9.17, 15) is 0 Å². The van der Waals surface area contributed by atoms with Gasteiger partial charge in [0.2, 0.25) is 0 Å². The van der Waals surface area contributed by atoms with Gasteiger partial charge in [-0.2, -0.15) is 0 Å². The van der Waals surface area contributed by atoms with Crippen LogP contribution in [0.15, 0.2) is 0 Å². The third kappa shape index (κ3) is 4.07. The molecule has 0 amide bonds. The van der Waals surface area contributed by atoms with E-state index in [0.29, 0.717) is 0 Å². The van der Waals surface area contributed by atoms with Crippen LogP contribution in [0, 0.1) is 0 Å². The van der Waals surface area contributed by atoms with E-state index in [-0.39, 0.29) is 0 Å². The van der Waals surface area contributed by atoms with Crippen molar-refractivity contribution < 1.29 is 1.29 Å². The second-order valence-electron chi connectivity index (χ2n) is 4.95. The topological polar surface area (TPSA) is 9.23 Å². The molecule has 0 fully saturated rings. The van der Waals surface area contributed by atoms with Crippen LogP contribution in [0.1, 0.15) is 41.5 Å². The zero-order chi connectivity index (χ0) is 13.8. The van der Waals surface area contributed by atoms with Crippen LogP contribution in [0.3, 0.4) is 0 Å². The van der Waals surface area contributed by atoms with Crippen molar-refractivity contribution in [3.8, 4) is 0 Å². The van der Waals surface area contributed by atoms with Crippen LogP contribution >= 0.6 is 17.7 Å². The first-order valence-corrected chi connectivity index (χ1v) is 26.2. The van der Waals surface area contributed by atoms with Crippen molar-refractivity contribution >= 4 is 51.0 Å². The van der Waals surface area contributed by atoms with Crippen molar-refractivity contribution in [2.24, 2.45) is 0 Å². The summed E-state index contributed by atoms with van der Waals surface area (Å²) in [6.07, 6.45) is 0. The molecule has 0 heterocycles. The molecule has 5 heteroatoms. The Kier molecular flexibility index (Phi) is 7.11. The van der Waals surface area contributed by atoms with Crippen LogP contribution in [0.25, 0.3) is 0 Å². The van der Waals surface area contributed by atoms with E-state index in [1.165, 1.54) is 0 Å². The van der Waals surface area contributed by atoms with E-state index in [1.54, 1.807) is 0 Å². The summed E-state index contributed by atoms with van der Waals surface area (Å²) in [5.74, 6) is 0. The first kappa shape index (κ1) is 19.2. The van der Waals surface area contributed by atoms with Crippen LogP contribution in [0.5, 0.6) is 0 Å². The Morgan fingerprint density at radius 1 is 0.588 bits per heavy atom. The summed E-state index contributed by atoms with van der Waals surface area (Å²) in [7, 11) is 14.2. The first-order valence-electron chi connectivity index (χ1n) is 6.84. The van der Waals surface area contributed by atoms with Gasteiger partial charge in [-0.15, -0.1) is 0 Å². The van der Waals surface area contributed by atoms with Crippen LogP contribution in [0.2, 0.25) is 26.2 Å². The molecule has 0 aliphatic heterocycles. The third-order valence-electron chi connectivity index (χ3n) is 4.58. The van der Waals surface area contributed by atoms with Gasteiger partial charge in [0.1, 0.15) is 0 Å². The molecule has 0 N–H and O–H groups in total. The van der Waals surface area contributed by atoms with E-state index >= 15 is 0 Å². The Balaban J connectivity index is 5.52. The van der Waals surface area contributed by atoms with Crippen LogP contribution in [-0.4, -0.2) is 33.4 Å². The van der Waals surface area contributed by atoms with Gasteiger partial charge in [-0.25, -0.2) is 0 Å². The van der Waals surface area contributed by atoms with Crippen LogP contribution in [-0.2, 0) is 1.29 Å². The van der Waals surface area contributed by atoms with Gasteiger partial charge in [-0.1, -0.05) is 0 Å². The van der Waals surface area contributed by atoms with Gasteiger partial charge in [0.15, 0.2) is 0 Å². The summed E-state index contributed by atoms with van der Waals surface area (Å²) in [6, 6.07) is 0. The summed E-state index contributed by atoms with van der Waals surface area (Å²) in [6.45, 7) is 13.2. The SMILES string of the molecule is C[CH2][Sb]([Cl])([CH2]C)([CH2]C)[O][Sb]([Cl])([CH2]C)([CH2]C)[CH2]C. The quantitative estimate of drug-likeness (QED) is 0.348. The summed E-state index contributed by atoms with van der Waals surface area (Å²) in [4.78, 5) is 0. The molecule has 0 bridgehead atoms. The molecule has 0 aromatic rings. The molecule has 0 aliphatic carbocycles. The standard InChI is InChI=1S/6C2H5.2ClH.O.2Sb/c6*1-2;;;;;/h6*1H2,2H3;2*1H;;;/q;;;;;;;;;2*+1/p-2. The Bertz CT molecular complexity index is 215. The molecule has 0 saturated carbocycles. The molecule has 108 valence electrons. The molecule has 0 rings (SSSR count). The second-order valence-corrected chi connectivity index (χ2v) is 47.8. The zero-order valence-electron chi connectivity index (χ0n) is 12.3. The van der Waals surface area contributed by atoms with Gasteiger partial charge in [-0.05, 0) is 0 Å². The fourth-order valence-electron chi connectivity index (χ4n) is 2.20. The fourth-order valence-corrected chi connectivity index (χ4v) is 63.5. The minimum atomic E-state index is -3.41. The fraction of sp³-hybridized carbons (Fsp3) is 1.00. The second kappa shape index (κ2) is 6.30. The minimum absolute atomic E-state index is 1.01. The summed E-state index contributed by atoms with van der Waals surface area (Å²) in [5, 5.41) is 0. The molecule has 0 radical (unpaired) electrons. The summed E-state index contributed by atoms with van der Waals surface area (Å²) in [5.41, 5.74) is 0. The monoisotopic (exact) mass is 502 g/mol. The Labute approximate surface area is 119 Å². The zero-order valence-corrected chi connectivity index (χ0v) is 18.9. The molecule has 0 aromatic heterocycles. The first-order chi connectivity index (χ1) is 7.67. The molecule has 0 unspecified atom stereocenters. The predicted octanol–water partition coefficient (Wildman–Crippen LogP) is 6.39. The van der Waals surface area contributed by atoms with E-state index in [2.05, 4.69) is 41.5 Å². The Morgan fingerprint density at radius 3 is 0.882 bits per heavy atom. The van der Waals surface area contributed by atoms with Gasteiger partial charge < -0.3 is 0 Å². The number of rotatable bonds is 8.